The summed E-state index contributed by atoms with van der Waals surface area (Å²) in [7, 11) is -1.66. The van der Waals surface area contributed by atoms with Gasteiger partial charge in [-0.3, -0.25) is 4.99 Å². The van der Waals surface area contributed by atoms with Crippen LogP contribution in [0.3, 0.4) is 0 Å². The van der Waals surface area contributed by atoms with Gasteiger partial charge in [-0.15, -0.1) is 0 Å². The van der Waals surface area contributed by atoms with Gasteiger partial charge in [0.15, 0.2) is 15.8 Å². The van der Waals surface area contributed by atoms with Crippen LogP contribution in [-0.4, -0.2) is 33.7 Å². The SMILES string of the molecule is CN=C(NCCS(=O)(=O)c1ccc(C(C)(C)C)cc1)NCc1ccsc1. The van der Waals surface area contributed by atoms with Crippen LogP contribution in [0.4, 0.5) is 0 Å². The maximum Gasteiger partial charge on any atom is 0.191 e. The van der Waals surface area contributed by atoms with E-state index in [9.17, 15) is 8.42 Å². The molecule has 0 spiro atoms. The van der Waals surface area contributed by atoms with Crippen molar-refractivity contribution in [2.75, 3.05) is 19.3 Å². The third kappa shape index (κ3) is 5.85. The van der Waals surface area contributed by atoms with E-state index in [4.69, 9.17) is 0 Å². The lowest BCUT2D eigenvalue weighted by Gasteiger charge is -2.19. The second-order valence-corrected chi connectivity index (χ2v) is 9.97. The lowest BCUT2D eigenvalue weighted by Crippen LogP contribution is -2.39. The molecule has 0 radical (unpaired) electrons. The molecular weight excluding hydrogens is 366 g/mol. The minimum Gasteiger partial charge on any atom is -0.355 e. The Balaban J connectivity index is 1.88. The standard InChI is InChI=1S/C19H27N3O2S2/c1-19(2,3)16-5-7-17(8-6-16)26(23,24)12-10-21-18(20-4)22-13-15-9-11-25-14-15/h5-9,11,14H,10,12-13H2,1-4H3,(H2,20,21,22). The molecule has 2 rings (SSSR count). The lowest BCUT2D eigenvalue weighted by molar-refractivity contribution is 0.586. The van der Waals surface area contributed by atoms with Crippen LogP contribution in [0.15, 0.2) is 51.0 Å². The van der Waals surface area contributed by atoms with Crippen molar-refractivity contribution < 1.29 is 8.42 Å². The highest BCUT2D eigenvalue weighted by Gasteiger charge is 2.17. The molecule has 0 aliphatic carbocycles. The third-order valence-electron chi connectivity index (χ3n) is 4.01. The highest BCUT2D eigenvalue weighted by molar-refractivity contribution is 7.91. The zero-order valence-corrected chi connectivity index (χ0v) is 17.4. The number of guanidine groups is 1. The number of nitrogens with one attached hydrogen (secondary N) is 2. The first-order valence-electron chi connectivity index (χ1n) is 8.51. The highest BCUT2D eigenvalue weighted by Crippen LogP contribution is 2.23. The average Bonchev–Trinajstić information content (AvgIpc) is 3.10. The van der Waals surface area contributed by atoms with E-state index >= 15 is 0 Å². The highest BCUT2D eigenvalue weighted by atomic mass is 32.2. The molecule has 1 heterocycles. The summed E-state index contributed by atoms with van der Waals surface area (Å²) in [6, 6.07) is 9.21. The Morgan fingerprint density at radius 3 is 2.35 bits per heavy atom. The molecule has 5 nitrogen and oxygen atoms in total. The van der Waals surface area contributed by atoms with Gasteiger partial charge in [0, 0.05) is 20.1 Å². The van der Waals surface area contributed by atoms with Gasteiger partial charge in [-0.05, 0) is 45.5 Å². The molecule has 0 saturated carbocycles. The zero-order valence-electron chi connectivity index (χ0n) is 15.7. The maximum atomic E-state index is 12.5. The first-order chi connectivity index (χ1) is 12.2. The van der Waals surface area contributed by atoms with E-state index in [1.165, 1.54) is 5.56 Å². The van der Waals surface area contributed by atoms with Crippen LogP contribution >= 0.6 is 11.3 Å². The third-order valence-corrected chi connectivity index (χ3v) is 6.47. The molecule has 1 aromatic carbocycles. The number of hydrogen-bond donors (Lipinski definition) is 2. The van der Waals surface area contributed by atoms with Crippen LogP contribution in [0.25, 0.3) is 0 Å². The van der Waals surface area contributed by atoms with Gasteiger partial charge in [0.25, 0.3) is 0 Å². The molecule has 0 aliphatic heterocycles. The second-order valence-electron chi connectivity index (χ2n) is 7.08. The van der Waals surface area contributed by atoms with Crippen LogP contribution in [0.1, 0.15) is 31.9 Å². The first-order valence-corrected chi connectivity index (χ1v) is 11.1. The van der Waals surface area contributed by atoms with E-state index in [0.29, 0.717) is 23.9 Å². The molecule has 142 valence electrons. The Labute approximate surface area is 160 Å². The van der Waals surface area contributed by atoms with E-state index in [1.54, 1.807) is 30.5 Å². The van der Waals surface area contributed by atoms with Gasteiger partial charge in [-0.1, -0.05) is 32.9 Å². The first kappa shape index (κ1) is 20.5. The van der Waals surface area contributed by atoms with Crippen LogP contribution < -0.4 is 10.6 Å². The molecule has 0 atom stereocenters. The molecule has 2 N–H and O–H groups in total. The van der Waals surface area contributed by atoms with Gasteiger partial charge in [0.1, 0.15) is 0 Å². The Morgan fingerprint density at radius 2 is 1.81 bits per heavy atom. The van der Waals surface area contributed by atoms with Crippen LogP contribution in [0.2, 0.25) is 0 Å². The molecule has 0 saturated heterocycles. The lowest BCUT2D eigenvalue weighted by atomic mass is 9.87. The van der Waals surface area contributed by atoms with Gasteiger partial charge in [0.05, 0.1) is 10.6 Å². The Kier molecular flexibility index (Phi) is 6.83. The van der Waals surface area contributed by atoms with Crippen LogP contribution in [0, 0.1) is 0 Å². The van der Waals surface area contributed by atoms with Gasteiger partial charge >= 0.3 is 0 Å². The van der Waals surface area contributed by atoms with Crippen molar-refractivity contribution in [1.82, 2.24) is 10.6 Å². The maximum absolute atomic E-state index is 12.5. The smallest absolute Gasteiger partial charge is 0.191 e. The van der Waals surface area contributed by atoms with Crippen molar-refractivity contribution in [2.45, 2.75) is 37.6 Å². The number of sulfone groups is 1. The quantitative estimate of drug-likeness (QED) is 0.584. The molecule has 26 heavy (non-hydrogen) atoms. The van der Waals surface area contributed by atoms with E-state index in [0.717, 1.165) is 5.56 Å². The van der Waals surface area contributed by atoms with Crippen LogP contribution in [-0.2, 0) is 21.8 Å². The van der Waals surface area contributed by atoms with Crippen molar-refractivity contribution in [2.24, 2.45) is 4.99 Å². The summed E-state index contributed by atoms with van der Waals surface area (Å²) in [5.41, 5.74) is 2.29. The second kappa shape index (κ2) is 8.68. The summed E-state index contributed by atoms with van der Waals surface area (Å²) in [4.78, 5) is 4.48. The Morgan fingerprint density at radius 1 is 1.12 bits per heavy atom. The summed E-state index contributed by atoms with van der Waals surface area (Å²) in [6.45, 7) is 7.27. The Bertz CT molecular complexity index is 819. The zero-order chi connectivity index (χ0) is 19.2. The van der Waals surface area contributed by atoms with Crippen LogP contribution in [0.5, 0.6) is 0 Å². The normalized spacial score (nSPS) is 12.8. The molecule has 0 aliphatic rings. The summed E-state index contributed by atoms with van der Waals surface area (Å²) in [5, 5.41) is 10.3. The average molecular weight is 394 g/mol. The molecular formula is C19H27N3O2S2. The van der Waals surface area contributed by atoms with Gasteiger partial charge in [-0.2, -0.15) is 11.3 Å². The number of benzene rings is 1. The molecule has 2 aromatic rings. The fourth-order valence-electron chi connectivity index (χ4n) is 2.38. The minimum absolute atomic E-state index is 0.00443. The van der Waals surface area contributed by atoms with Crippen molar-refractivity contribution in [1.29, 1.82) is 0 Å². The number of aliphatic imine (C=N–C) groups is 1. The van der Waals surface area contributed by atoms with E-state index in [1.807, 2.05) is 23.6 Å². The summed E-state index contributed by atoms with van der Waals surface area (Å²) in [5.74, 6) is 0.607. The predicted octanol–water partition coefficient (Wildman–Crippen LogP) is 3.18. The molecule has 0 bridgehead atoms. The fraction of sp³-hybridized carbons (Fsp3) is 0.421. The predicted molar refractivity (Wildman–Crippen MR) is 110 cm³/mol. The van der Waals surface area contributed by atoms with Crippen molar-refractivity contribution in [3.63, 3.8) is 0 Å². The number of hydrogen-bond acceptors (Lipinski definition) is 4. The minimum atomic E-state index is -3.33. The molecule has 0 fully saturated rings. The van der Waals surface area contributed by atoms with Gasteiger partial charge < -0.3 is 10.6 Å². The van der Waals surface area contributed by atoms with Crippen molar-refractivity contribution in [3.05, 3.63) is 52.2 Å². The van der Waals surface area contributed by atoms with E-state index < -0.39 is 9.84 Å². The topological polar surface area (TPSA) is 70.6 Å². The summed E-state index contributed by atoms with van der Waals surface area (Å²) < 4.78 is 25.0. The van der Waals surface area contributed by atoms with Gasteiger partial charge in [-0.25, -0.2) is 8.42 Å². The van der Waals surface area contributed by atoms with E-state index in [-0.39, 0.29) is 11.2 Å². The van der Waals surface area contributed by atoms with Gasteiger partial charge in [0.2, 0.25) is 0 Å². The molecule has 1 aromatic heterocycles. The van der Waals surface area contributed by atoms with Crippen molar-refractivity contribution in [3.8, 4) is 0 Å². The van der Waals surface area contributed by atoms with Crippen molar-refractivity contribution >= 4 is 27.1 Å². The monoisotopic (exact) mass is 393 g/mol. The fourth-order valence-corrected chi connectivity index (χ4v) is 4.21. The van der Waals surface area contributed by atoms with E-state index in [2.05, 4.69) is 41.8 Å². The summed E-state index contributed by atoms with van der Waals surface area (Å²) >= 11 is 1.64. The molecule has 7 heteroatoms. The number of thiophene rings is 1. The number of nitrogens with zero attached hydrogens (tertiary/aromatic N) is 1. The summed E-state index contributed by atoms with van der Waals surface area (Å²) in [6.07, 6.45) is 0. The molecule has 0 amide bonds. The Hall–Kier alpha value is -1.86. The largest absolute Gasteiger partial charge is 0.355 e. The number of rotatable bonds is 6. The molecule has 0 unspecified atom stereocenters.